The smallest absolute Gasteiger partial charge is 0.462 e. The molecule has 19 heteroatoms. The minimum absolute atomic E-state index is 0.103. The fourth-order valence-electron chi connectivity index (χ4n) is 11.7. The van der Waals surface area contributed by atoms with E-state index in [-0.39, 0.29) is 25.7 Å². The lowest BCUT2D eigenvalue weighted by atomic mass is 10.0. The Morgan fingerprint density at radius 3 is 0.646 bits per heavy atom. The summed E-state index contributed by atoms with van der Waals surface area (Å²) in [6, 6.07) is 0. The lowest BCUT2D eigenvalue weighted by Gasteiger charge is -2.21. The Morgan fingerprint density at radius 2 is 0.438 bits per heavy atom. The normalized spacial score (nSPS) is 14.1. The van der Waals surface area contributed by atoms with Crippen molar-refractivity contribution in [2.75, 3.05) is 39.6 Å². The number of hydrogen-bond donors (Lipinski definition) is 3. The second-order valence-corrected chi connectivity index (χ2v) is 32.6. The lowest BCUT2D eigenvalue weighted by molar-refractivity contribution is -0.161. The first-order chi connectivity index (χ1) is 46.1. The Hall–Kier alpha value is -1.94. The van der Waals surface area contributed by atoms with Gasteiger partial charge in [-0.2, -0.15) is 0 Å². The van der Waals surface area contributed by atoms with Gasteiger partial charge in [-0.3, -0.25) is 37.3 Å². The molecule has 17 nitrogen and oxygen atoms in total. The van der Waals surface area contributed by atoms with Crippen molar-refractivity contribution < 1.29 is 80.2 Å². The predicted molar refractivity (Wildman–Crippen MR) is 391 cm³/mol. The van der Waals surface area contributed by atoms with Crippen LogP contribution in [0.5, 0.6) is 0 Å². The number of aliphatic hydroxyl groups is 1. The average Bonchev–Trinajstić information content (AvgIpc) is 1.08. The Bertz CT molecular complexity index is 1880. The summed E-state index contributed by atoms with van der Waals surface area (Å²) >= 11 is 0. The number of carbonyl (C=O) groups is 4. The van der Waals surface area contributed by atoms with Crippen molar-refractivity contribution in [2.24, 2.45) is 23.7 Å². The van der Waals surface area contributed by atoms with Crippen LogP contribution in [0.25, 0.3) is 0 Å². The second kappa shape index (κ2) is 66.3. The Balaban J connectivity index is 5.20. The molecule has 0 radical (unpaired) electrons. The van der Waals surface area contributed by atoms with E-state index in [0.29, 0.717) is 31.6 Å². The molecule has 0 aliphatic heterocycles. The molecule has 5 atom stereocenters. The highest BCUT2D eigenvalue weighted by molar-refractivity contribution is 7.47. The van der Waals surface area contributed by atoms with Crippen LogP contribution in [0.3, 0.4) is 0 Å². The van der Waals surface area contributed by atoms with Crippen molar-refractivity contribution in [1.29, 1.82) is 0 Å². The zero-order valence-corrected chi connectivity index (χ0v) is 64.8. The summed E-state index contributed by atoms with van der Waals surface area (Å²) in [5, 5.41) is 10.6. The van der Waals surface area contributed by atoms with Crippen molar-refractivity contribution in [1.82, 2.24) is 0 Å². The molecule has 0 aromatic rings. The number of carbonyl (C=O) groups excluding carboxylic acids is 4. The van der Waals surface area contributed by atoms with Gasteiger partial charge in [-0.1, -0.05) is 338 Å². The molecule has 0 aromatic heterocycles. The summed E-state index contributed by atoms with van der Waals surface area (Å²) in [5.41, 5.74) is 0. The van der Waals surface area contributed by atoms with Gasteiger partial charge in [0.05, 0.1) is 26.4 Å². The first kappa shape index (κ1) is 94.1. The van der Waals surface area contributed by atoms with Gasteiger partial charge in [-0.15, -0.1) is 0 Å². The van der Waals surface area contributed by atoms with Gasteiger partial charge in [0.2, 0.25) is 0 Å². The van der Waals surface area contributed by atoms with Crippen LogP contribution >= 0.6 is 15.6 Å². The van der Waals surface area contributed by atoms with Gasteiger partial charge in [0.25, 0.3) is 0 Å². The predicted octanol–water partition coefficient (Wildman–Crippen LogP) is 22.4. The first-order valence-corrected chi connectivity index (χ1v) is 42.7. The highest BCUT2D eigenvalue weighted by atomic mass is 31.2. The summed E-state index contributed by atoms with van der Waals surface area (Å²) in [6.45, 7) is 14.1. The van der Waals surface area contributed by atoms with Gasteiger partial charge >= 0.3 is 39.5 Å². The van der Waals surface area contributed by atoms with Gasteiger partial charge in [0.1, 0.15) is 19.3 Å². The van der Waals surface area contributed by atoms with Crippen molar-refractivity contribution in [2.45, 2.75) is 408 Å². The third kappa shape index (κ3) is 70.5. The van der Waals surface area contributed by atoms with Crippen LogP contribution in [0.2, 0.25) is 0 Å². The van der Waals surface area contributed by atoms with Gasteiger partial charge in [-0.05, 0) is 49.4 Å². The zero-order valence-electron chi connectivity index (χ0n) is 63.0. The maximum atomic E-state index is 13.1. The molecule has 0 rings (SSSR count). The molecule has 570 valence electrons. The highest BCUT2D eigenvalue weighted by Gasteiger charge is 2.30. The van der Waals surface area contributed by atoms with Crippen LogP contribution < -0.4 is 0 Å². The van der Waals surface area contributed by atoms with E-state index in [1.54, 1.807) is 0 Å². The molecule has 0 bridgehead atoms. The minimum atomic E-state index is -4.96. The largest absolute Gasteiger partial charge is 0.472 e. The van der Waals surface area contributed by atoms with Crippen molar-refractivity contribution in [3.63, 3.8) is 0 Å². The number of hydrogen-bond acceptors (Lipinski definition) is 15. The summed E-state index contributed by atoms with van der Waals surface area (Å²) in [7, 11) is -9.91. The quantitative estimate of drug-likeness (QED) is 0.0222. The monoisotopic (exact) mass is 1410 g/mol. The summed E-state index contributed by atoms with van der Waals surface area (Å²) in [5.74, 6) is 0.876. The standard InChI is InChI=1S/C77H150O17P2/c1-67(2)53-45-37-29-23-19-15-13-11-9-10-12-14-16-22-26-33-43-51-59-76(81)93-72(63-87-74(79)57-49-41-32-25-21-18-17-20-24-30-38-46-54-68(3)4)65-91-95(83,84)89-61-71(78)62-90-96(85,86)92-66-73(64-88-75(80)58-50-42-36-35-40-48-56-70(7)8)94-77(82)60-52-44-34-28-27-31-39-47-55-69(5)6/h67-73,78H,9-66H2,1-8H3,(H,83,84)(H,85,86)/t71-,72-,73-/m1/s1. The van der Waals surface area contributed by atoms with E-state index < -0.39 is 97.5 Å². The molecular weight excluding hydrogens is 1260 g/mol. The highest BCUT2D eigenvalue weighted by Crippen LogP contribution is 2.45. The SMILES string of the molecule is CC(C)CCCCCCCCCCCCCCCCCCCCC(=O)O[C@H](COC(=O)CCCCCCCCCCCCCCC(C)C)COP(=O)(O)OC[C@@H](O)COP(=O)(O)OC[C@@H](COC(=O)CCCCCCCCC(C)C)OC(=O)CCCCCCCCCCC(C)C. The molecule has 0 aromatic carbocycles. The molecule has 2 unspecified atom stereocenters. The van der Waals surface area contributed by atoms with E-state index in [4.69, 9.17) is 37.0 Å². The Labute approximate surface area is 588 Å². The molecule has 0 amide bonds. The molecule has 0 saturated heterocycles. The van der Waals surface area contributed by atoms with Gasteiger partial charge in [0.15, 0.2) is 12.2 Å². The minimum Gasteiger partial charge on any atom is -0.462 e. The van der Waals surface area contributed by atoms with Crippen LogP contribution in [0.4, 0.5) is 0 Å². The van der Waals surface area contributed by atoms with Crippen LogP contribution in [-0.4, -0.2) is 96.7 Å². The Kier molecular flexibility index (Phi) is 65.0. The second-order valence-electron chi connectivity index (χ2n) is 29.7. The maximum absolute atomic E-state index is 13.1. The van der Waals surface area contributed by atoms with Gasteiger partial charge in [0, 0.05) is 25.7 Å². The van der Waals surface area contributed by atoms with E-state index >= 15 is 0 Å². The van der Waals surface area contributed by atoms with Crippen molar-refractivity contribution in [3.05, 3.63) is 0 Å². The van der Waals surface area contributed by atoms with E-state index in [0.717, 1.165) is 114 Å². The molecule has 3 N–H and O–H groups in total. The lowest BCUT2D eigenvalue weighted by Crippen LogP contribution is -2.30. The van der Waals surface area contributed by atoms with Crippen LogP contribution in [0.15, 0.2) is 0 Å². The van der Waals surface area contributed by atoms with E-state index in [1.165, 1.54) is 186 Å². The van der Waals surface area contributed by atoms with Crippen LogP contribution in [0, 0.1) is 23.7 Å². The average molecular weight is 1410 g/mol. The van der Waals surface area contributed by atoms with Gasteiger partial charge < -0.3 is 33.8 Å². The molecule has 0 aliphatic carbocycles. The van der Waals surface area contributed by atoms with E-state index in [2.05, 4.69) is 55.4 Å². The molecule has 0 fully saturated rings. The topological polar surface area (TPSA) is 237 Å². The number of phosphoric ester groups is 2. The Morgan fingerprint density at radius 1 is 0.260 bits per heavy atom. The van der Waals surface area contributed by atoms with Crippen LogP contribution in [-0.2, 0) is 65.4 Å². The zero-order chi connectivity index (χ0) is 71.0. The van der Waals surface area contributed by atoms with Gasteiger partial charge in [-0.25, -0.2) is 9.13 Å². The molecule has 96 heavy (non-hydrogen) atoms. The van der Waals surface area contributed by atoms with Crippen molar-refractivity contribution >= 4 is 39.5 Å². The third-order valence-corrected chi connectivity index (χ3v) is 19.7. The number of aliphatic hydroxyl groups excluding tert-OH is 1. The molecule has 0 heterocycles. The molecule has 0 spiro atoms. The van der Waals surface area contributed by atoms with Crippen LogP contribution in [0.1, 0.15) is 389 Å². The number of rotatable bonds is 74. The van der Waals surface area contributed by atoms with E-state index in [1.807, 2.05) is 0 Å². The van der Waals surface area contributed by atoms with E-state index in [9.17, 15) is 43.2 Å². The number of ether oxygens (including phenoxy) is 4. The molecular formula is C77H150O17P2. The number of phosphoric acid groups is 2. The third-order valence-electron chi connectivity index (χ3n) is 17.8. The number of unbranched alkanes of at least 4 members (excludes halogenated alkanes) is 40. The van der Waals surface area contributed by atoms with Crippen molar-refractivity contribution in [3.8, 4) is 0 Å². The fourth-order valence-corrected chi connectivity index (χ4v) is 13.3. The summed E-state index contributed by atoms with van der Waals surface area (Å²) < 4.78 is 68.5. The maximum Gasteiger partial charge on any atom is 0.472 e. The number of esters is 4. The molecule has 0 aliphatic rings. The molecule has 0 saturated carbocycles. The fraction of sp³-hybridized carbons (Fsp3) is 0.948. The summed E-state index contributed by atoms with van der Waals surface area (Å²) in [4.78, 5) is 72.8. The summed E-state index contributed by atoms with van der Waals surface area (Å²) in [6.07, 6.45) is 51.7. The first-order valence-electron chi connectivity index (χ1n) is 39.7.